The number of hydrogen-bond donors (Lipinski definition) is 2. The van der Waals surface area contributed by atoms with Crippen molar-refractivity contribution < 1.29 is 4.79 Å². The predicted octanol–water partition coefficient (Wildman–Crippen LogP) is 2.74. The van der Waals surface area contributed by atoms with E-state index in [2.05, 4.69) is 22.2 Å². The van der Waals surface area contributed by atoms with Gasteiger partial charge in [-0.2, -0.15) is 0 Å². The molecule has 0 aliphatic heterocycles. The maximum atomic E-state index is 12.2. The maximum absolute atomic E-state index is 12.2. The van der Waals surface area contributed by atoms with Crippen LogP contribution < -0.4 is 10.6 Å². The van der Waals surface area contributed by atoms with E-state index >= 15 is 0 Å². The summed E-state index contributed by atoms with van der Waals surface area (Å²) >= 11 is 0. The fourth-order valence-corrected chi connectivity index (χ4v) is 2.63. The van der Waals surface area contributed by atoms with Gasteiger partial charge in [0, 0.05) is 18.2 Å². The summed E-state index contributed by atoms with van der Waals surface area (Å²) < 4.78 is 0. The Bertz CT molecular complexity index is 425. The van der Waals surface area contributed by atoms with Gasteiger partial charge in [-0.05, 0) is 50.8 Å². The van der Waals surface area contributed by atoms with Gasteiger partial charge in [-0.3, -0.25) is 9.78 Å². The van der Waals surface area contributed by atoms with Gasteiger partial charge in [0.05, 0.1) is 11.9 Å². The summed E-state index contributed by atoms with van der Waals surface area (Å²) in [4.78, 5) is 16.2. The quantitative estimate of drug-likeness (QED) is 0.619. The third-order valence-electron chi connectivity index (χ3n) is 3.81. The number of carbonyl (C=O) groups is 1. The normalized spacial score (nSPS) is 22.2. The first kappa shape index (κ1) is 14.7. The van der Waals surface area contributed by atoms with Crippen LogP contribution in [-0.4, -0.2) is 23.5 Å². The zero-order valence-electron chi connectivity index (χ0n) is 11.8. The molecule has 20 heavy (non-hydrogen) atoms. The van der Waals surface area contributed by atoms with Crippen molar-refractivity contribution in [2.75, 3.05) is 11.9 Å². The second-order valence-corrected chi connectivity index (χ2v) is 5.31. The molecule has 1 amide bonds. The van der Waals surface area contributed by atoms with E-state index in [1.807, 2.05) is 18.2 Å². The maximum Gasteiger partial charge on any atom is 0.227 e. The van der Waals surface area contributed by atoms with Crippen molar-refractivity contribution in [3.8, 4) is 0 Å². The first-order valence-electron chi connectivity index (χ1n) is 7.34. The van der Waals surface area contributed by atoms with Crippen LogP contribution in [0.4, 0.5) is 5.69 Å². The van der Waals surface area contributed by atoms with Crippen LogP contribution in [0, 0.1) is 5.92 Å². The summed E-state index contributed by atoms with van der Waals surface area (Å²) in [5.41, 5.74) is 0.781. The lowest BCUT2D eigenvalue weighted by atomic mass is 9.85. The van der Waals surface area contributed by atoms with Gasteiger partial charge >= 0.3 is 0 Å². The van der Waals surface area contributed by atoms with Crippen molar-refractivity contribution in [2.24, 2.45) is 5.92 Å². The summed E-state index contributed by atoms with van der Waals surface area (Å²) in [6.45, 7) is 4.71. The van der Waals surface area contributed by atoms with Gasteiger partial charge in [0.15, 0.2) is 0 Å². The third kappa shape index (κ3) is 4.46. The van der Waals surface area contributed by atoms with Crippen molar-refractivity contribution in [2.45, 2.75) is 38.1 Å². The van der Waals surface area contributed by atoms with E-state index in [0.717, 1.165) is 44.3 Å². The lowest BCUT2D eigenvalue weighted by Gasteiger charge is -2.28. The average Bonchev–Trinajstić information content (AvgIpc) is 2.49. The van der Waals surface area contributed by atoms with Crippen molar-refractivity contribution in [3.05, 3.63) is 37.2 Å². The highest BCUT2D eigenvalue weighted by Crippen LogP contribution is 2.25. The van der Waals surface area contributed by atoms with Crippen LogP contribution in [-0.2, 0) is 4.79 Å². The Labute approximate surface area is 120 Å². The number of nitrogens with zero attached hydrogens (tertiary/aromatic N) is 1. The zero-order chi connectivity index (χ0) is 14.2. The molecule has 4 heteroatoms. The van der Waals surface area contributed by atoms with Gasteiger partial charge in [-0.25, -0.2) is 0 Å². The van der Waals surface area contributed by atoms with Gasteiger partial charge in [-0.1, -0.05) is 6.08 Å². The monoisotopic (exact) mass is 273 g/mol. The minimum atomic E-state index is 0.127. The minimum absolute atomic E-state index is 0.127. The molecule has 1 heterocycles. The van der Waals surface area contributed by atoms with Crippen LogP contribution in [0.3, 0.4) is 0 Å². The lowest BCUT2D eigenvalue weighted by Crippen LogP contribution is -2.36. The molecule has 0 radical (unpaired) electrons. The van der Waals surface area contributed by atoms with Gasteiger partial charge < -0.3 is 10.6 Å². The molecule has 0 bridgehead atoms. The summed E-state index contributed by atoms with van der Waals surface area (Å²) in [6.07, 6.45) is 10.4. The van der Waals surface area contributed by atoms with Crippen molar-refractivity contribution in [1.82, 2.24) is 10.3 Å². The molecule has 4 nitrogen and oxygen atoms in total. The van der Waals surface area contributed by atoms with Gasteiger partial charge in [0.1, 0.15) is 0 Å². The highest BCUT2D eigenvalue weighted by Gasteiger charge is 2.25. The Morgan fingerprint density at radius 3 is 2.85 bits per heavy atom. The number of nitrogens with one attached hydrogen (secondary N) is 2. The molecule has 1 aliphatic carbocycles. The summed E-state index contributed by atoms with van der Waals surface area (Å²) in [6, 6.07) is 4.25. The number of rotatable bonds is 6. The highest BCUT2D eigenvalue weighted by atomic mass is 16.1. The number of anilines is 1. The van der Waals surface area contributed by atoms with Crippen LogP contribution in [0.15, 0.2) is 37.2 Å². The molecule has 0 unspecified atom stereocenters. The second kappa shape index (κ2) is 7.80. The molecule has 0 aromatic carbocycles. The molecule has 108 valence electrons. The van der Waals surface area contributed by atoms with Crippen LogP contribution >= 0.6 is 0 Å². The first-order valence-corrected chi connectivity index (χ1v) is 7.34. The van der Waals surface area contributed by atoms with Crippen LogP contribution in [0.5, 0.6) is 0 Å². The molecule has 0 spiro atoms. The summed E-state index contributed by atoms with van der Waals surface area (Å²) in [5, 5.41) is 6.46. The fourth-order valence-electron chi connectivity index (χ4n) is 2.63. The van der Waals surface area contributed by atoms with Crippen LogP contribution in [0.25, 0.3) is 0 Å². The Hall–Kier alpha value is -1.68. The van der Waals surface area contributed by atoms with E-state index in [9.17, 15) is 4.79 Å². The summed E-state index contributed by atoms with van der Waals surface area (Å²) in [7, 11) is 0. The molecule has 1 fully saturated rings. The standard InChI is InChI=1S/C16H23N3O/c1-2-3-11-18-14-8-6-13(7-9-14)16(20)19-15-5-4-10-17-12-15/h2,4-5,10,12-14,18H,1,3,6-9,11H2,(H,19,20). The molecular formula is C16H23N3O. The van der Waals surface area contributed by atoms with Crippen molar-refractivity contribution in [3.63, 3.8) is 0 Å². The smallest absolute Gasteiger partial charge is 0.227 e. The first-order chi connectivity index (χ1) is 9.79. The number of aromatic nitrogens is 1. The molecule has 0 atom stereocenters. The molecular weight excluding hydrogens is 250 g/mol. The van der Waals surface area contributed by atoms with Crippen LogP contribution in [0.1, 0.15) is 32.1 Å². The third-order valence-corrected chi connectivity index (χ3v) is 3.81. The van der Waals surface area contributed by atoms with E-state index in [1.165, 1.54) is 0 Å². The van der Waals surface area contributed by atoms with Gasteiger partial charge in [-0.15, -0.1) is 6.58 Å². The molecule has 1 aromatic heterocycles. The topological polar surface area (TPSA) is 54.0 Å². The molecule has 0 saturated heterocycles. The lowest BCUT2D eigenvalue weighted by molar-refractivity contribution is -0.120. The van der Waals surface area contributed by atoms with Gasteiger partial charge in [0.25, 0.3) is 0 Å². The number of amides is 1. The zero-order valence-corrected chi connectivity index (χ0v) is 11.8. The summed E-state index contributed by atoms with van der Waals surface area (Å²) in [5.74, 6) is 0.259. The molecule has 1 aromatic rings. The Kier molecular flexibility index (Phi) is 5.74. The number of carbonyl (C=O) groups excluding carboxylic acids is 1. The number of hydrogen-bond acceptors (Lipinski definition) is 3. The number of pyridine rings is 1. The van der Waals surface area contributed by atoms with E-state index < -0.39 is 0 Å². The Morgan fingerprint density at radius 1 is 1.40 bits per heavy atom. The minimum Gasteiger partial charge on any atom is -0.324 e. The largest absolute Gasteiger partial charge is 0.324 e. The predicted molar refractivity (Wildman–Crippen MR) is 81.4 cm³/mol. The Balaban J connectivity index is 1.73. The Morgan fingerprint density at radius 2 is 2.20 bits per heavy atom. The second-order valence-electron chi connectivity index (χ2n) is 5.31. The van der Waals surface area contributed by atoms with E-state index in [1.54, 1.807) is 12.4 Å². The molecule has 2 N–H and O–H groups in total. The van der Waals surface area contributed by atoms with Crippen molar-refractivity contribution in [1.29, 1.82) is 0 Å². The highest BCUT2D eigenvalue weighted by molar-refractivity contribution is 5.92. The van der Waals surface area contributed by atoms with E-state index in [0.29, 0.717) is 6.04 Å². The van der Waals surface area contributed by atoms with Crippen molar-refractivity contribution >= 4 is 11.6 Å². The van der Waals surface area contributed by atoms with Gasteiger partial charge in [0.2, 0.25) is 5.91 Å². The average molecular weight is 273 g/mol. The van der Waals surface area contributed by atoms with E-state index in [-0.39, 0.29) is 11.8 Å². The fraction of sp³-hybridized carbons (Fsp3) is 0.500. The SMILES string of the molecule is C=CCCNC1CCC(C(=O)Nc2cccnc2)CC1. The molecule has 2 rings (SSSR count). The molecule has 1 saturated carbocycles. The van der Waals surface area contributed by atoms with E-state index in [4.69, 9.17) is 0 Å². The van der Waals surface area contributed by atoms with Crippen LogP contribution in [0.2, 0.25) is 0 Å². The molecule has 1 aliphatic rings.